The van der Waals surface area contributed by atoms with Crippen molar-refractivity contribution in [3.8, 4) is 22.6 Å². The number of aromatic amines is 1. The van der Waals surface area contributed by atoms with Crippen LogP contribution < -0.4 is 0 Å². The summed E-state index contributed by atoms with van der Waals surface area (Å²) in [5.41, 5.74) is 1.30. The van der Waals surface area contributed by atoms with E-state index in [4.69, 9.17) is 0 Å². The lowest BCUT2D eigenvalue weighted by Crippen LogP contribution is -2.38. The van der Waals surface area contributed by atoms with E-state index in [1.54, 1.807) is 13.0 Å². The molecule has 3 aromatic heterocycles. The Balaban J connectivity index is 1.59. The Bertz CT molecular complexity index is 1680. The van der Waals surface area contributed by atoms with Crippen molar-refractivity contribution in [3.63, 3.8) is 0 Å². The normalized spacial score (nSPS) is 21.8. The smallest absolute Gasteiger partial charge is 0.192 e. The van der Waals surface area contributed by atoms with Crippen molar-refractivity contribution in [2.75, 3.05) is 6.26 Å². The molecule has 2 aliphatic rings. The monoisotopic (exact) mass is 522 g/mol. The summed E-state index contributed by atoms with van der Waals surface area (Å²) in [6.45, 7) is 5.96. The number of halogens is 2. The van der Waals surface area contributed by atoms with Gasteiger partial charge < -0.3 is 0 Å². The standard InChI is InChI=1S/C26H24F2N6O2S/c1-13-29-24(34-31-13)14-10-20(30-21(11-14)37(4,35)36)26-9-8-16(25(26,2)3)15-12-19(32-33-23(15)26)22-17(27)6-5-7-18(22)28/h5-7,10-12,16H,8-9H2,1-4H3,(H,29,31,34)/t16-,26-/m0/s1. The van der Waals surface area contributed by atoms with Crippen LogP contribution in [0.15, 0.2) is 41.4 Å². The van der Waals surface area contributed by atoms with Crippen LogP contribution in [0.5, 0.6) is 0 Å². The van der Waals surface area contributed by atoms with Gasteiger partial charge in [-0.1, -0.05) is 19.9 Å². The number of H-pyrrole nitrogens is 1. The van der Waals surface area contributed by atoms with Crippen molar-refractivity contribution >= 4 is 9.84 Å². The van der Waals surface area contributed by atoms with Crippen molar-refractivity contribution in [2.45, 2.75) is 50.0 Å². The number of aromatic nitrogens is 6. The second-order valence-electron chi connectivity index (χ2n) is 10.4. The van der Waals surface area contributed by atoms with Crippen LogP contribution in [0.4, 0.5) is 8.78 Å². The Labute approximate surface area is 212 Å². The number of nitrogens with zero attached hydrogens (tertiary/aromatic N) is 5. The van der Waals surface area contributed by atoms with Crippen molar-refractivity contribution in [3.05, 3.63) is 70.8 Å². The van der Waals surface area contributed by atoms with Crippen LogP contribution in [-0.2, 0) is 15.3 Å². The predicted octanol–water partition coefficient (Wildman–Crippen LogP) is 4.52. The maximum Gasteiger partial charge on any atom is 0.192 e. The minimum atomic E-state index is -3.66. The highest BCUT2D eigenvalue weighted by molar-refractivity contribution is 7.90. The summed E-state index contributed by atoms with van der Waals surface area (Å²) in [6, 6.07) is 8.71. The van der Waals surface area contributed by atoms with Gasteiger partial charge in [0.2, 0.25) is 0 Å². The molecule has 0 spiro atoms. The number of aryl methyl sites for hydroxylation is 1. The van der Waals surface area contributed by atoms with Gasteiger partial charge in [-0.3, -0.25) is 5.10 Å². The van der Waals surface area contributed by atoms with Crippen LogP contribution in [-0.4, -0.2) is 45.0 Å². The Morgan fingerprint density at radius 2 is 1.78 bits per heavy atom. The first-order valence-corrected chi connectivity index (χ1v) is 13.8. The van der Waals surface area contributed by atoms with Gasteiger partial charge in [-0.05, 0) is 67.0 Å². The number of fused-ring (bicyclic) bond motifs is 5. The molecule has 0 saturated heterocycles. The van der Waals surface area contributed by atoms with E-state index in [1.165, 1.54) is 24.3 Å². The Morgan fingerprint density at radius 1 is 1.05 bits per heavy atom. The maximum absolute atomic E-state index is 14.5. The summed E-state index contributed by atoms with van der Waals surface area (Å²) in [6.07, 6.45) is 2.57. The topological polar surface area (TPSA) is 114 Å². The molecular weight excluding hydrogens is 498 g/mol. The van der Waals surface area contributed by atoms with Gasteiger partial charge in [-0.2, -0.15) is 10.2 Å². The summed E-state index contributed by atoms with van der Waals surface area (Å²) in [5, 5.41) is 15.7. The molecule has 190 valence electrons. The molecule has 0 aliphatic heterocycles. The second-order valence-corrected chi connectivity index (χ2v) is 12.4. The van der Waals surface area contributed by atoms with E-state index in [0.29, 0.717) is 35.0 Å². The van der Waals surface area contributed by atoms with Crippen molar-refractivity contribution in [2.24, 2.45) is 5.41 Å². The summed E-state index contributed by atoms with van der Waals surface area (Å²) >= 11 is 0. The van der Waals surface area contributed by atoms with Crippen LogP contribution >= 0.6 is 0 Å². The average molecular weight is 523 g/mol. The number of benzene rings is 1. The third-order valence-electron chi connectivity index (χ3n) is 8.08. The van der Waals surface area contributed by atoms with E-state index in [-0.39, 0.29) is 22.2 Å². The highest BCUT2D eigenvalue weighted by Crippen LogP contribution is 2.69. The molecule has 0 radical (unpaired) electrons. The fraction of sp³-hybridized carbons (Fsp3) is 0.346. The maximum atomic E-state index is 14.5. The zero-order valence-electron chi connectivity index (χ0n) is 20.7. The van der Waals surface area contributed by atoms with Gasteiger partial charge in [0, 0.05) is 11.8 Å². The molecular formula is C26H24F2N6O2S. The molecule has 11 heteroatoms. The van der Waals surface area contributed by atoms with Gasteiger partial charge in [-0.25, -0.2) is 27.2 Å². The molecule has 0 unspecified atom stereocenters. The van der Waals surface area contributed by atoms with E-state index in [2.05, 4.69) is 44.2 Å². The van der Waals surface area contributed by atoms with E-state index in [0.717, 1.165) is 18.2 Å². The van der Waals surface area contributed by atoms with Crippen LogP contribution in [0.2, 0.25) is 0 Å². The first kappa shape index (κ1) is 23.8. The highest BCUT2D eigenvalue weighted by atomic mass is 32.2. The summed E-state index contributed by atoms with van der Waals surface area (Å²) < 4.78 is 54.4. The summed E-state index contributed by atoms with van der Waals surface area (Å²) in [7, 11) is -3.66. The molecule has 6 rings (SSSR count). The number of hydrogen-bond donors (Lipinski definition) is 1. The SMILES string of the molecule is Cc1nc(-c2cc([C@@]34CC[C@@H](c5cc(-c6c(F)cccc6F)nnc53)C4(C)C)nc(S(C)(=O)=O)c2)n[nH]1. The summed E-state index contributed by atoms with van der Waals surface area (Å²) in [4.78, 5) is 9.04. The Kier molecular flexibility index (Phi) is 4.95. The third kappa shape index (κ3) is 3.29. The van der Waals surface area contributed by atoms with E-state index < -0.39 is 32.3 Å². The van der Waals surface area contributed by atoms with E-state index in [1.807, 2.05) is 6.07 Å². The highest BCUT2D eigenvalue weighted by Gasteiger charge is 2.65. The molecule has 1 aromatic carbocycles. The largest absolute Gasteiger partial charge is 0.263 e. The molecule has 1 saturated carbocycles. The number of rotatable bonds is 4. The number of pyridine rings is 1. The Hall–Kier alpha value is -3.60. The van der Waals surface area contributed by atoms with Gasteiger partial charge in [0.15, 0.2) is 20.7 Å². The van der Waals surface area contributed by atoms with Crippen molar-refractivity contribution < 1.29 is 17.2 Å². The second kappa shape index (κ2) is 7.70. The average Bonchev–Trinajstić information content (AvgIpc) is 3.44. The lowest BCUT2D eigenvalue weighted by molar-refractivity contribution is 0.242. The molecule has 3 heterocycles. The Morgan fingerprint density at radius 3 is 2.43 bits per heavy atom. The fourth-order valence-corrected chi connectivity index (χ4v) is 6.88. The third-order valence-corrected chi connectivity index (χ3v) is 9.04. The van der Waals surface area contributed by atoms with Gasteiger partial charge in [0.1, 0.15) is 17.5 Å². The van der Waals surface area contributed by atoms with Crippen LogP contribution in [0.1, 0.15) is 55.4 Å². The fourth-order valence-electron chi connectivity index (χ4n) is 6.27. The molecule has 2 bridgehead atoms. The van der Waals surface area contributed by atoms with E-state index in [9.17, 15) is 17.2 Å². The molecule has 2 atom stereocenters. The summed E-state index contributed by atoms with van der Waals surface area (Å²) in [5.74, 6) is -0.437. The first-order valence-electron chi connectivity index (χ1n) is 11.9. The van der Waals surface area contributed by atoms with Gasteiger partial charge in [-0.15, -0.1) is 5.10 Å². The minimum Gasteiger partial charge on any atom is -0.263 e. The molecule has 1 fully saturated rings. The minimum absolute atomic E-state index is 0.0180. The van der Waals surface area contributed by atoms with Crippen LogP contribution in [0.25, 0.3) is 22.6 Å². The number of nitrogens with one attached hydrogen (secondary N) is 1. The molecule has 1 N–H and O–H groups in total. The molecule has 8 nitrogen and oxygen atoms in total. The number of hydrogen-bond acceptors (Lipinski definition) is 7. The van der Waals surface area contributed by atoms with E-state index >= 15 is 0 Å². The number of sulfone groups is 1. The van der Waals surface area contributed by atoms with Crippen molar-refractivity contribution in [1.82, 2.24) is 30.4 Å². The quantitative estimate of drug-likeness (QED) is 0.419. The molecule has 2 aliphatic carbocycles. The zero-order valence-corrected chi connectivity index (χ0v) is 21.5. The predicted molar refractivity (Wildman–Crippen MR) is 131 cm³/mol. The van der Waals surface area contributed by atoms with Gasteiger partial charge in [0.05, 0.1) is 28.1 Å². The zero-order chi connectivity index (χ0) is 26.3. The van der Waals surface area contributed by atoms with Gasteiger partial charge in [0.25, 0.3) is 0 Å². The van der Waals surface area contributed by atoms with Crippen molar-refractivity contribution in [1.29, 1.82) is 0 Å². The lowest BCUT2D eigenvalue weighted by Gasteiger charge is -2.37. The van der Waals surface area contributed by atoms with Gasteiger partial charge >= 0.3 is 0 Å². The van der Waals surface area contributed by atoms with Crippen LogP contribution in [0, 0.1) is 24.0 Å². The molecule has 0 amide bonds. The van der Waals surface area contributed by atoms with Crippen LogP contribution in [0.3, 0.4) is 0 Å². The molecule has 4 aromatic rings. The first-order chi connectivity index (χ1) is 17.4. The molecule has 37 heavy (non-hydrogen) atoms. The lowest BCUT2D eigenvalue weighted by atomic mass is 9.66.